The van der Waals surface area contributed by atoms with Crippen LogP contribution in [-0.4, -0.2) is 57.9 Å². The number of methoxy groups -OCH3 is 1. The molecule has 35 heavy (non-hydrogen) atoms. The number of ether oxygens (including phenoxy) is 2. The number of hydrogen-bond acceptors (Lipinski definition) is 6. The molecule has 0 spiro atoms. The van der Waals surface area contributed by atoms with Gasteiger partial charge in [-0.25, -0.2) is 4.79 Å². The third-order valence-electron chi connectivity index (χ3n) is 6.00. The Hall–Kier alpha value is -3.59. The van der Waals surface area contributed by atoms with Gasteiger partial charge in [0.25, 0.3) is 11.5 Å². The maximum absolute atomic E-state index is 13.1. The summed E-state index contributed by atoms with van der Waals surface area (Å²) >= 11 is 6.22. The summed E-state index contributed by atoms with van der Waals surface area (Å²) in [5.74, 6) is -0.602. The van der Waals surface area contributed by atoms with Crippen molar-refractivity contribution in [2.24, 2.45) is 7.05 Å². The first-order valence-corrected chi connectivity index (χ1v) is 11.8. The first-order chi connectivity index (χ1) is 16.9. The zero-order chi connectivity index (χ0) is 24.9. The van der Waals surface area contributed by atoms with Gasteiger partial charge in [0, 0.05) is 51.1 Å². The number of esters is 1. The first-order valence-electron chi connectivity index (χ1n) is 11.4. The Bertz CT molecular complexity index is 1300. The Morgan fingerprint density at radius 2 is 1.97 bits per heavy atom. The smallest absolute Gasteiger partial charge is 0.343 e. The zero-order valence-corrected chi connectivity index (χ0v) is 20.5. The average molecular weight is 499 g/mol. The number of amides is 1. The van der Waals surface area contributed by atoms with Crippen LogP contribution in [0.25, 0.3) is 0 Å². The Morgan fingerprint density at radius 1 is 1.17 bits per heavy atom. The number of aromatic nitrogens is 3. The molecule has 0 unspecified atom stereocenters. The number of hydrogen-bond donors (Lipinski definition) is 0. The van der Waals surface area contributed by atoms with Gasteiger partial charge >= 0.3 is 5.97 Å². The fraction of sp³-hybridized carbons (Fsp3) is 0.360. The Labute approximate surface area is 207 Å². The van der Waals surface area contributed by atoms with Crippen molar-refractivity contribution in [1.82, 2.24) is 19.2 Å². The molecule has 1 aromatic carbocycles. The first kappa shape index (κ1) is 24.5. The largest absolute Gasteiger partial charge is 0.492 e. The quantitative estimate of drug-likeness (QED) is 0.367. The summed E-state index contributed by atoms with van der Waals surface area (Å²) in [6.45, 7) is 1.19. The summed E-state index contributed by atoms with van der Waals surface area (Å²) in [6, 6.07) is 8.18. The molecule has 0 aliphatic carbocycles. The van der Waals surface area contributed by atoms with Crippen molar-refractivity contribution >= 4 is 23.5 Å². The van der Waals surface area contributed by atoms with E-state index in [1.54, 1.807) is 40.0 Å². The van der Waals surface area contributed by atoms with E-state index in [1.165, 1.54) is 17.7 Å². The predicted molar refractivity (Wildman–Crippen MR) is 130 cm³/mol. The van der Waals surface area contributed by atoms with Crippen LogP contribution in [0.1, 0.15) is 38.4 Å². The number of nitrogens with zero attached hydrogens (tertiary/aromatic N) is 4. The maximum Gasteiger partial charge on any atom is 0.343 e. The van der Waals surface area contributed by atoms with E-state index in [9.17, 15) is 14.4 Å². The van der Waals surface area contributed by atoms with Gasteiger partial charge in [-0.1, -0.05) is 23.7 Å². The Morgan fingerprint density at radius 3 is 2.69 bits per heavy atom. The van der Waals surface area contributed by atoms with Crippen molar-refractivity contribution in [3.05, 3.63) is 80.5 Å². The van der Waals surface area contributed by atoms with Crippen LogP contribution in [0.2, 0.25) is 5.02 Å². The summed E-state index contributed by atoms with van der Waals surface area (Å²) in [6.07, 6.45) is 5.46. The van der Waals surface area contributed by atoms with Gasteiger partial charge in [-0.2, -0.15) is 5.10 Å². The Kier molecular flexibility index (Phi) is 7.55. The summed E-state index contributed by atoms with van der Waals surface area (Å²) in [7, 11) is 3.15. The van der Waals surface area contributed by atoms with E-state index >= 15 is 0 Å². The molecule has 1 aliphatic heterocycles. The van der Waals surface area contributed by atoms with Crippen molar-refractivity contribution < 1.29 is 19.1 Å². The van der Waals surface area contributed by atoms with Gasteiger partial charge in [-0.15, -0.1) is 0 Å². The van der Waals surface area contributed by atoms with Crippen LogP contribution in [0, 0.1) is 0 Å². The van der Waals surface area contributed by atoms with Gasteiger partial charge in [0.2, 0.25) is 0 Å². The van der Waals surface area contributed by atoms with Gasteiger partial charge in [0.1, 0.15) is 11.3 Å². The maximum atomic E-state index is 13.1. The normalized spacial score (nSPS) is 13.2. The van der Waals surface area contributed by atoms with E-state index in [4.69, 9.17) is 21.1 Å². The van der Waals surface area contributed by atoms with Crippen molar-refractivity contribution in [3.8, 4) is 5.75 Å². The molecule has 3 heterocycles. The molecule has 0 N–H and O–H groups in total. The number of halogens is 1. The third-order valence-corrected chi connectivity index (χ3v) is 6.33. The van der Waals surface area contributed by atoms with Crippen LogP contribution >= 0.6 is 11.6 Å². The number of fused-ring (bicyclic) bond motifs is 1. The second-order valence-corrected chi connectivity index (χ2v) is 8.72. The fourth-order valence-electron chi connectivity index (χ4n) is 4.25. The van der Waals surface area contributed by atoms with Gasteiger partial charge < -0.3 is 18.9 Å². The van der Waals surface area contributed by atoms with Crippen molar-refractivity contribution in [1.29, 1.82) is 0 Å². The van der Waals surface area contributed by atoms with Crippen LogP contribution in [0.15, 0.2) is 47.5 Å². The van der Waals surface area contributed by atoms with Crippen molar-refractivity contribution in [3.63, 3.8) is 0 Å². The lowest BCUT2D eigenvalue weighted by molar-refractivity contribution is 0.0593. The summed E-state index contributed by atoms with van der Waals surface area (Å²) in [4.78, 5) is 40.4. The topological polar surface area (TPSA) is 95.7 Å². The molecule has 0 bridgehead atoms. The number of carbonyl (C=O) groups excluding carboxylic acids is 2. The number of aryl methyl sites for hydroxylation is 2. The van der Waals surface area contributed by atoms with Crippen molar-refractivity contribution in [2.75, 3.05) is 26.8 Å². The minimum Gasteiger partial charge on any atom is -0.492 e. The number of rotatable bonds is 7. The van der Waals surface area contributed by atoms with E-state index in [2.05, 4.69) is 5.10 Å². The lowest BCUT2D eigenvalue weighted by Gasteiger charge is -2.20. The lowest BCUT2D eigenvalue weighted by Crippen LogP contribution is -2.34. The monoisotopic (exact) mass is 498 g/mol. The minimum absolute atomic E-state index is 0.199. The highest BCUT2D eigenvalue weighted by atomic mass is 35.5. The second-order valence-electron chi connectivity index (χ2n) is 8.31. The van der Waals surface area contributed by atoms with Crippen LogP contribution in [0.4, 0.5) is 0 Å². The van der Waals surface area contributed by atoms with E-state index in [-0.39, 0.29) is 29.3 Å². The highest BCUT2D eigenvalue weighted by Gasteiger charge is 2.28. The van der Waals surface area contributed by atoms with E-state index < -0.39 is 5.97 Å². The third kappa shape index (κ3) is 5.40. The SMILES string of the molecule is COC(=O)c1c(OCCCc2cnn(C)c2)cc(=O)n2c1CCN(C(=O)c1ccccc1Cl)CC2. The van der Waals surface area contributed by atoms with Gasteiger partial charge in [-0.05, 0) is 30.5 Å². The van der Waals surface area contributed by atoms with E-state index in [0.29, 0.717) is 48.8 Å². The molecule has 0 fully saturated rings. The molecular weight excluding hydrogens is 472 g/mol. The predicted octanol–water partition coefficient (Wildman–Crippen LogP) is 2.73. The average Bonchev–Trinajstić information content (AvgIpc) is 3.13. The van der Waals surface area contributed by atoms with Crippen LogP contribution in [0.5, 0.6) is 5.75 Å². The summed E-state index contributed by atoms with van der Waals surface area (Å²) in [5.41, 5.74) is 1.91. The summed E-state index contributed by atoms with van der Waals surface area (Å²) < 4.78 is 14.2. The molecule has 0 saturated carbocycles. The van der Waals surface area contributed by atoms with Crippen LogP contribution < -0.4 is 10.3 Å². The number of carbonyl (C=O) groups is 2. The number of benzene rings is 1. The highest BCUT2D eigenvalue weighted by Crippen LogP contribution is 2.25. The van der Waals surface area contributed by atoms with Crippen molar-refractivity contribution in [2.45, 2.75) is 25.8 Å². The molecule has 0 atom stereocenters. The van der Waals surface area contributed by atoms with E-state index in [1.807, 2.05) is 13.2 Å². The molecule has 0 radical (unpaired) electrons. The minimum atomic E-state index is -0.582. The van der Waals surface area contributed by atoms with Gasteiger partial charge in [-0.3, -0.25) is 14.3 Å². The molecule has 2 aromatic heterocycles. The second kappa shape index (κ2) is 10.8. The molecule has 3 aromatic rings. The molecule has 1 aliphatic rings. The molecule has 0 saturated heterocycles. The fourth-order valence-corrected chi connectivity index (χ4v) is 4.47. The number of pyridine rings is 1. The molecular formula is C25H27ClN4O5. The zero-order valence-electron chi connectivity index (χ0n) is 19.7. The molecule has 9 nitrogen and oxygen atoms in total. The molecule has 4 rings (SSSR count). The molecule has 184 valence electrons. The van der Waals surface area contributed by atoms with E-state index in [0.717, 1.165) is 12.0 Å². The molecule has 10 heteroatoms. The summed E-state index contributed by atoms with van der Waals surface area (Å²) in [5, 5.41) is 4.52. The Balaban J connectivity index is 1.55. The molecule has 1 amide bonds. The van der Waals surface area contributed by atoms with Gasteiger partial charge in [0.05, 0.1) is 30.5 Å². The van der Waals surface area contributed by atoms with Gasteiger partial charge in [0.15, 0.2) is 0 Å². The van der Waals surface area contributed by atoms with Crippen LogP contribution in [0.3, 0.4) is 0 Å². The standard InChI is InChI=1S/C25H27ClN4O5/c1-28-16-17(15-27-28)6-5-13-35-21-14-22(31)30-12-11-29(10-9-20(30)23(21)25(33)34-2)24(32)18-7-3-4-8-19(18)26/h3-4,7-8,14-16H,5-6,9-13H2,1-2H3. The lowest BCUT2D eigenvalue weighted by atomic mass is 10.1. The van der Waals surface area contributed by atoms with Crippen LogP contribution in [-0.2, 0) is 31.2 Å². The highest BCUT2D eigenvalue weighted by molar-refractivity contribution is 6.33.